The molecule has 2 heteroatoms. The normalized spacial score (nSPS) is 30.3. The van der Waals surface area contributed by atoms with Crippen molar-refractivity contribution in [2.24, 2.45) is 17.3 Å². The molecule has 2 nitrogen and oxygen atoms in total. The first kappa shape index (κ1) is 18.9. The molecule has 0 amide bonds. The molecule has 3 unspecified atom stereocenters. The molecule has 27 heavy (non-hydrogen) atoms. The Morgan fingerprint density at radius 2 is 1.96 bits per heavy atom. The Morgan fingerprint density at radius 1 is 1.22 bits per heavy atom. The van der Waals surface area contributed by atoms with E-state index in [9.17, 15) is 5.11 Å². The van der Waals surface area contributed by atoms with Crippen LogP contribution in [0.4, 0.5) is 0 Å². The van der Waals surface area contributed by atoms with Crippen molar-refractivity contribution in [2.45, 2.75) is 90.6 Å². The lowest BCUT2D eigenvalue weighted by molar-refractivity contribution is -0.0727. The Labute approximate surface area is 165 Å². The summed E-state index contributed by atoms with van der Waals surface area (Å²) in [6.07, 6.45) is 7.49. The summed E-state index contributed by atoms with van der Waals surface area (Å²) in [7, 11) is 0. The molecule has 1 aromatic carbocycles. The number of benzene rings is 1. The Kier molecular flexibility index (Phi) is 4.40. The van der Waals surface area contributed by atoms with Crippen LogP contribution in [0.15, 0.2) is 24.3 Å². The maximum Gasteiger partial charge on any atom is 0.127 e. The smallest absolute Gasteiger partial charge is 0.127 e. The van der Waals surface area contributed by atoms with E-state index in [1.54, 1.807) is 0 Å². The Bertz CT molecular complexity index is 758. The zero-order valence-electron chi connectivity index (χ0n) is 17.8. The van der Waals surface area contributed by atoms with Gasteiger partial charge in [-0.05, 0) is 58.8 Å². The highest BCUT2D eigenvalue weighted by Gasteiger charge is 2.63. The molecule has 0 radical (unpaired) electrons. The SMILES string of the molecule is C=C1C2Oc3cc(C(C)(C)CCCCCC)cc(O)c3C2[C@@H]2CC1C2(C)C. The minimum Gasteiger partial charge on any atom is -0.508 e. The van der Waals surface area contributed by atoms with Crippen molar-refractivity contribution in [1.29, 1.82) is 0 Å². The predicted molar refractivity (Wildman–Crippen MR) is 112 cm³/mol. The number of aromatic hydroxyl groups is 1. The van der Waals surface area contributed by atoms with Crippen LogP contribution in [0.3, 0.4) is 0 Å². The second kappa shape index (κ2) is 6.29. The first-order chi connectivity index (χ1) is 12.7. The lowest BCUT2D eigenvalue weighted by atomic mass is 9.43. The lowest BCUT2D eigenvalue weighted by Gasteiger charge is -2.61. The predicted octanol–water partition coefficient (Wildman–Crippen LogP) is 6.72. The fourth-order valence-corrected chi connectivity index (χ4v) is 6.05. The first-order valence-electron chi connectivity index (χ1n) is 10.9. The Balaban J connectivity index is 1.62. The van der Waals surface area contributed by atoms with Crippen LogP contribution >= 0.6 is 0 Å². The van der Waals surface area contributed by atoms with Crippen molar-refractivity contribution in [1.82, 2.24) is 0 Å². The summed E-state index contributed by atoms with van der Waals surface area (Å²) < 4.78 is 6.42. The van der Waals surface area contributed by atoms with Gasteiger partial charge in [-0.25, -0.2) is 0 Å². The van der Waals surface area contributed by atoms with Crippen molar-refractivity contribution in [3.8, 4) is 11.5 Å². The number of unbranched alkanes of at least 4 members (excludes halogenated alkanes) is 3. The van der Waals surface area contributed by atoms with Gasteiger partial charge in [-0.15, -0.1) is 0 Å². The third-order valence-electron chi connectivity index (χ3n) is 8.06. The molecule has 1 aliphatic heterocycles. The quantitative estimate of drug-likeness (QED) is 0.446. The van der Waals surface area contributed by atoms with Crippen molar-refractivity contribution in [3.05, 3.63) is 35.4 Å². The average molecular weight is 369 g/mol. The van der Waals surface area contributed by atoms with Crippen molar-refractivity contribution < 1.29 is 9.84 Å². The fraction of sp³-hybridized carbons (Fsp3) is 0.680. The van der Waals surface area contributed by atoms with Crippen LogP contribution in [-0.2, 0) is 5.41 Å². The number of fused-ring (bicyclic) bond motifs is 1. The van der Waals surface area contributed by atoms with Gasteiger partial charge in [-0.2, -0.15) is 0 Å². The molecule has 4 atom stereocenters. The summed E-state index contributed by atoms with van der Waals surface area (Å²) in [6.45, 7) is 16.0. The van der Waals surface area contributed by atoms with Crippen LogP contribution < -0.4 is 4.74 Å². The lowest BCUT2D eigenvalue weighted by Crippen LogP contribution is -2.57. The van der Waals surface area contributed by atoms with Crippen LogP contribution in [0.2, 0.25) is 0 Å². The molecule has 5 rings (SSSR count). The maximum absolute atomic E-state index is 11.0. The fourth-order valence-electron chi connectivity index (χ4n) is 6.05. The molecule has 0 spiro atoms. The first-order valence-corrected chi connectivity index (χ1v) is 10.9. The van der Waals surface area contributed by atoms with Gasteiger partial charge in [0.15, 0.2) is 0 Å². The molecule has 0 saturated heterocycles. The molecule has 3 aliphatic carbocycles. The van der Waals surface area contributed by atoms with E-state index in [1.165, 1.54) is 43.2 Å². The summed E-state index contributed by atoms with van der Waals surface area (Å²) in [5.41, 5.74) is 3.81. The molecule has 0 aromatic heterocycles. The summed E-state index contributed by atoms with van der Waals surface area (Å²) in [5.74, 6) is 2.76. The number of rotatable bonds is 6. The number of phenolic OH excluding ortho intramolecular Hbond substituents is 1. The molecule has 1 N–H and O–H groups in total. The summed E-state index contributed by atoms with van der Waals surface area (Å²) >= 11 is 0. The third-order valence-corrected chi connectivity index (χ3v) is 8.06. The molecule has 3 saturated carbocycles. The number of phenols is 1. The Hall–Kier alpha value is -1.44. The zero-order valence-corrected chi connectivity index (χ0v) is 17.8. The second-order valence-corrected chi connectivity index (χ2v) is 10.5. The highest BCUT2D eigenvalue weighted by molar-refractivity contribution is 5.57. The van der Waals surface area contributed by atoms with E-state index in [1.807, 2.05) is 6.07 Å². The highest BCUT2D eigenvalue weighted by atomic mass is 16.5. The van der Waals surface area contributed by atoms with E-state index in [2.05, 4.69) is 47.3 Å². The monoisotopic (exact) mass is 368 g/mol. The van der Waals surface area contributed by atoms with E-state index in [0.717, 1.165) is 17.7 Å². The molecule has 1 aromatic rings. The second-order valence-electron chi connectivity index (χ2n) is 10.5. The maximum atomic E-state index is 11.0. The van der Waals surface area contributed by atoms with Crippen LogP contribution in [0.1, 0.15) is 90.2 Å². The van der Waals surface area contributed by atoms with Crippen molar-refractivity contribution >= 4 is 0 Å². The van der Waals surface area contributed by atoms with E-state index in [4.69, 9.17) is 4.74 Å². The molecular weight excluding hydrogens is 332 g/mol. The summed E-state index contributed by atoms with van der Waals surface area (Å²) in [5, 5.41) is 11.0. The van der Waals surface area contributed by atoms with Gasteiger partial charge in [0, 0.05) is 11.5 Å². The molecule has 4 aliphatic rings. The zero-order chi connectivity index (χ0) is 19.6. The molecule has 148 valence electrons. The molecule has 1 heterocycles. The van der Waals surface area contributed by atoms with Gasteiger partial charge in [0.05, 0.1) is 0 Å². The number of hydrogen-bond donors (Lipinski definition) is 1. The summed E-state index contributed by atoms with van der Waals surface area (Å²) in [4.78, 5) is 0. The highest BCUT2D eigenvalue weighted by Crippen LogP contribution is 2.69. The topological polar surface area (TPSA) is 29.5 Å². The van der Waals surface area contributed by atoms with Crippen molar-refractivity contribution in [3.63, 3.8) is 0 Å². The average Bonchev–Trinajstić information content (AvgIpc) is 2.99. The van der Waals surface area contributed by atoms with Gasteiger partial charge in [-0.1, -0.05) is 66.9 Å². The van der Waals surface area contributed by atoms with Crippen molar-refractivity contribution in [2.75, 3.05) is 0 Å². The minimum atomic E-state index is 0.0514. The number of ether oxygens (including phenoxy) is 1. The van der Waals surface area contributed by atoms with Gasteiger partial charge in [-0.3, -0.25) is 0 Å². The van der Waals surface area contributed by atoms with E-state index in [0.29, 0.717) is 17.6 Å². The van der Waals surface area contributed by atoms with E-state index in [-0.39, 0.29) is 22.9 Å². The molecular formula is C25H36O2. The van der Waals surface area contributed by atoms with Crippen LogP contribution in [0, 0.1) is 17.3 Å². The summed E-state index contributed by atoms with van der Waals surface area (Å²) in [6, 6.07) is 4.23. The van der Waals surface area contributed by atoms with Gasteiger partial charge in [0.2, 0.25) is 0 Å². The minimum absolute atomic E-state index is 0.0514. The van der Waals surface area contributed by atoms with Gasteiger partial charge in [0.1, 0.15) is 17.6 Å². The van der Waals surface area contributed by atoms with E-state index >= 15 is 0 Å². The Morgan fingerprint density at radius 3 is 2.63 bits per heavy atom. The van der Waals surface area contributed by atoms with Gasteiger partial charge in [0.25, 0.3) is 0 Å². The van der Waals surface area contributed by atoms with Gasteiger partial charge < -0.3 is 9.84 Å². The van der Waals surface area contributed by atoms with E-state index < -0.39 is 0 Å². The standard InChI is InChI=1S/C25H36O2/c1-7-8-9-10-11-24(3,4)16-12-19(26)22-20(13-16)27-23-15(2)17-14-18(21(22)23)25(17,5)6/h12-13,17-18,21,23,26H,2,7-11,14H2,1,3-6H3/t17?,18-,21?,23?/m0/s1. The van der Waals surface area contributed by atoms with Crippen LogP contribution in [-0.4, -0.2) is 11.2 Å². The molecule has 2 bridgehead atoms. The van der Waals surface area contributed by atoms with Crippen LogP contribution in [0.25, 0.3) is 0 Å². The third kappa shape index (κ3) is 2.74. The van der Waals surface area contributed by atoms with Gasteiger partial charge >= 0.3 is 0 Å². The number of hydrogen-bond acceptors (Lipinski definition) is 2. The molecule has 3 fully saturated rings. The largest absolute Gasteiger partial charge is 0.508 e. The van der Waals surface area contributed by atoms with Crippen LogP contribution in [0.5, 0.6) is 11.5 Å².